The Morgan fingerprint density at radius 1 is 1.29 bits per heavy atom. The van der Waals surface area contributed by atoms with Crippen LogP contribution in [-0.4, -0.2) is 84.6 Å². The van der Waals surface area contributed by atoms with Crippen molar-refractivity contribution in [2.45, 2.75) is 13.3 Å². The van der Waals surface area contributed by atoms with Crippen molar-refractivity contribution >= 4 is 29.2 Å². The first-order chi connectivity index (χ1) is 9.93. The molecule has 1 rings (SSSR count). The number of likely N-dealkylation sites (N-methyl/N-ethyl adjacent to an activating group) is 1. The third-order valence-corrected chi connectivity index (χ3v) is 3.58. The van der Waals surface area contributed by atoms with E-state index in [4.69, 9.17) is 22.7 Å². The average Bonchev–Trinajstić information content (AvgIpc) is 2.45. The van der Waals surface area contributed by atoms with Crippen molar-refractivity contribution in [3.8, 4) is 0 Å². The fraction of sp³-hybridized carbons (Fsp3) is 0.769. The Balaban J connectivity index is 2.30. The predicted octanol–water partition coefficient (Wildman–Crippen LogP) is -0.105. The van der Waals surface area contributed by atoms with Gasteiger partial charge in [-0.15, -0.1) is 0 Å². The van der Waals surface area contributed by atoms with Gasteiger partial charge in [0, 0.05) is 46.2 Å². The van der Waals surface area contributed by atoms with E-state index in [1.165, 1.54) is 0 Å². The lowest BCUT2D eigenvalue weighted by atomic mass is 10.3. The number of hydrogen-bond donors (Lipinski definition) is 1. The maximum absolute atomic E-state index is 12.0. The molecule has 1 fully saturated rings. The molecule has 2 amide bonds. The molecule has 8 heteroatoms. The Hall–Kier alpha value is -1.41. The van der Waals surface area contributed by atoms with Gasteiger partial charge in [-0.2, -0.15) is 0 Å². The van der Waals surface area contributed by atoms with Gasteiger partial charge < -0.3 is 20.3 Å². The molecule has 0 aromatic heterocycles. The largest absolute Gasteiger partial charge is 0.450 e. The highest BCUT2D eigenvalue weighted by molar-refractivity contribution is 7.80. The normalized spacial score (nSPS) is 15.6. The minimum absolute atomic E-state index is 0.0378. The van der Waals surface area contributed by atoms with E-state index < -0.39 is 0 Å². The average molecular weight is 316 g/mol. The van der Waals surface area contributed by atoms with Crippen molar-refractivity contribution < 1.29 is 14.3 Å². The number of hydrogen-bond acceptors (Lipinski definition) is 5. The predicted molar refractivity (Wildman–Crippen MR) is 84.1 cm³/mol. The van der Waals surface area contributed by atoms with Gasteiger partial charge in [0.15, 0.2) is 0 Å². The fourth-order valence-electron chi connectivity index (χ4n) is 2.02. The molecular weight excluding hydrogens is 292 g/mol. The van der Waals surface area contributed by atoms with Crippen molar-refractivity contribution in [3.05, 3.63) is 0 Å². The van der Waals surface area contributed by atoms with Crippen LogP contribution in [-0.2, 0) is 9.53 Å². The highest BCUT2D eigenvalue weighted by Gasteiger charge is 2.23. The third-order valence-electron chi connectivity index (χ3n) is 3.38. The molecule has 0 aromatic carbocycles. The summed E-state index contributed by atoms with van der Waals surface area (Å²) in [6.07, 6.45) is 0.255. The number of nitrogens with two attached hydrogens (primary N) is 1. The van der Waals surface area contributed by atoms with Crippen LogP contribution in [0.5, 0.6) is 0 Å². The Labute approximate surface area is 131 Å². The van der Waals surface area contributed by atoms with Gasteiger partial charge in [-0.05, 0) is 6.92 Å². The summed E-state index contributed by atoms with van der Waals surface area (Å²) in [5, 5.41) is 0. The zero-order valence-electron chi connectivity index (χ0n) is 12.7. The van der Waals surface area contributed by atoms with Crippen LogP contribution in [0.3, 0.4) is 0 Å². The van der Waals surface area contributed by atoms with Gasteiger partial charge >= 0.3 is 6.09 Å². The summed E-state index contributed by atoms with van der Waals surface area (Å²) >= 11 is 4.80. The minimum atomic E-state index is -0.281. The van der Waals surface area contributed by atoms with E-state index in [0.717, 1.165) is 0 Å². The van der Waals surface area contributed by atoms with E-state index in [1.807, 2.05) is 4.90 Å². The van der Waals surface area contributed by atoms with Crippen LogP contribution in [0.15, 0.2) is 0 Å². The van der Waals surface area contributed by atoms with Gasteiger partial charge in [0.05, 0.1) is 18.1 Å². The Morgan fingerprint density at radius 2 is 1.90 bits per heavy atom. The van der Waals surface area contributed by atoms with Crippen LogP contribution in [0.25, 0.3) is 0 Å². The molecule has 0 radical (unpaired) electrons. The van der Waals surface area contributed by atoms with E-state index in [0.29, 0.717) is 57.3 Å². The molecule has 2 N–H and O–H groups in total. The summed E-state index contributed by atoms with van der Waals surface area (Å²) in [4.78, 5) is 29.4. The standard InChI is InChI=1S/C13H24N4O3S/c1-3-20-13(19)17-8-6-16(7-9-17)10-12(18)15(2)5-4-11(14)21/h3-10H2,1-2H3,(H2,14,21). The molecule has 1 aliphatic heterocycles. The van der Waals surface area contributed by atoms with Crippen LogP contribution < -0.4 is 5.73 Å². The molecule has 120 valence electrons. The maximum Gasteiger partial charge on any atom is 0.409 e. The Morgan fingerprint density at radius 3 is 2.43 bits per heavy atom. The molecule has 0 aromatic rings. The Bertz CT molecular complexity index is 384. The number of thiocarbonyl (C=S) groups is 1. The van der Waals surface area contributed by atoms with Crippen molar-refractivity contribution in [3.63, 3.8) is 0 Å². The topological polar surface area (TPSA) is 79.1 Å². The third kappa shape index (κ3) is 6.26. The van der Waals surface area contributed by atoms with Crippen LogP contribution >= 0.6 is 12.2 Å². The first-order valence-corrected chi connectivity index (χ1v) is 7.51. The van der Waals surface area contributed by atoms with Gasteiger partial charge in [-0.25, -0.2) is 4.79 Å². The minimum Gasteiger partial charge on any atom is -0.450 e. The van der Waals surface area contributed by atoms with Crippen molar-refractivity contribution in [1.29, 1.82) is 0 Å². The van der Waals surface area contributed by atoms with Crippen molar-refractivity contribution in [1.82, 2.24) is 14.7 Å². The second-order valence-corrected chi connectivity index (χ2v) is 5.52. The molecule has 0 atom stereocenters. The number of amides is 2. The number of carbonyl (C=O) groups is 2. The lowest BCUT2D eigenvalue weighted by Gasteiger charge is -2.34. The second kappa shape index (κ2) is 8.78. The Kier molecular flexibility index (Phi) is 7.38. The van der Waals surface area contributed by atoms with E-state index in [1.54, 1.807) is 23.8 Å². The summed E-state index contributed by atoms with van der Waals surface area (Å²) < 4.78 is 4.96. The van der Waals surface area contributed by atoms with Gasteiger partial charge in [0.1, 0.15) is 0 Å². The lowest BCUT2D eigenvalue weighted by molar-refractivity contribution is -0.131. The summed E-state index contributed by atoms with van der Waals surface area (Å²) in [5.74, 6) is 0.0378. The highest BCUT2D eigenvalue weighted by Crippen LogP contribution is 2.04. The molecule has 7 nitrogen and oxygen atoms in total. The van der Waals surface area contributed by atoms with E-state index in [-0.39, 0.29) is 12.0 Å². The molecular formula is C13H24N4O3S. The zero-order chi connectivity index (χ0) is 15.8. The molecule has 21 heavy (non-hydrogen) atoms. The highest BCUT2D eigenvalue weighted by atomic mass is 32.1. The number of rotatable bonds is 6. The molecule has 1 saturated heterocycles. The molecule has 0 unspecified atom stereocenters. The molecule has 0 spiro atoms. The number of ether oxygens (including phenoxy) is 1. The quantitative estimate of drug-likeness (QED) is 0.689. The van der Waals surface area contributed by atoms with E-state index in [9.17, 15) is 9.59 Å². The number of nitrogens with zero attached hydrogens (tertiary/aromatic N) is 3. The first kappa shape index (κ1) is 17.6. The van der Waals surface area contributed by atoms with Crippen LogP contribution in [0, 0.1) is 0 Å². The summed E-state index contributed by atoms with van der Waals surface area (Å²) in [5.41, 5.74) is 5.43. The van der Waals surface area contributed by atoms with Crippen molar-refractivity contribution in [2.24, 2.45) is 5.73 Å². The van der Waals surface area contributed by atoms with E-state index in [2.05, 4.69) is 0 Å². The monoisotopic (exact) mass is 316 g/mol. The summed E-state index contributed by atoms with van der Waals surface area (Å²) in [7, 11) is 1.75. The summed E-state index contributed by atoms with van der Waals surface area (Å²) in [6.45, 7) is 5.58. The molecule has 1 heterocycles. The molecule has 0 aliphatic carbocycles. The zero-order valence-corrected chi connectivity index (χ0v) is 13.5. The van der Waals surface area contributed by atoms with Crippen LogP contribution in [0.2, 0.25) is 0 Å². The molecule has 0 bridgehead atoms. The molecule has 0 saturated carbocycles. The first-order valence-electron chi connectivity index (χ1n) is 7.10. The van der Waals surface area contributed by atoms with Crippen LogP contribution in [0.4, 0.5) is 4.79 Å². The second-order valence-electron chi connectivity index (χ2n) is 4.99. The maximum atomic E-state index is 12.0. The van der Waals surface area contributed by atoms with E-state index >= 15 is 0 Å². The summed E-state index contributed by atoms with van der Waals surface area (Å²) in [6, 6.07) is 0. The smallest absolute Gasteiger partial charge is 0.409 e. The van der Waals surface area contributed by atoms with Gasteiger partial charge in [-0.1, -0.05) is 12.2 Å². The SMILES string of the molecule is CCOC(=O)N1CCN(CC(=O)N(C)CCC(N)=S)CC1. The lowest BCUT2D eigenvalue weighted by Crippen LogP contribution is -2.51. The fourth-order valence-corrected chi connectivity index (χ4v) is 2.11. The van der Waals surface area contributed by atoms with Gasteiger partial charge in [0.25, 0.3) is 0 Å². The van der Waals surface area contributed by atoms with Crippen LogP contribution in [0.1, 0.15) is 13.3 Å². The van der Waals surface area contributed by atoms with Crippen molar-refractivity contribution in [2.75, 3.05) is 52.9 Å². The number of piperazine rings is 1. The van der Waals surface area contributed by atoms with Gasteiger partial charge in [0.2, 0.25) is 5.91 Å². The number of carbonyl (C=O) groups excluding carboxylic acids is 2. The van der Waals surface area contributed by atoms with Gasteiger partial charge in [-0.3, -0.25) is 9.69 Å². The molecule has 1 aliphatic rings.